The Hall–Kier alpha value is -2.73. The fraction of sp³-hybridized carbons (Fsp3) is 0.125. The van der Waals surface area contributed by atoms with E-state index in [0.717, 1.165) is 0 Å². The summed E-state index contributed by atoms with van der Waals surface area (Å²) < 4.78 is 10.1. The second-order valence-electron chi connectivity index (χ2n) is 4.49. The maximum absolute atomic E-state index is 11.9. The Labute approximate surface area is 138 Å². The third kappa shape index (κ3) is 4.37. The molecule has 0 saturated carbocycles. The van der Waals surface area contributed by atoms with Crippen molar-refractivity contribution in [3.63, 3.8) is 0 Å². The minimum absolute atomic E-state index is 0.332. The van der Waals surface area contributed by atoms with E-state index >= 15 is 0 Å². The zero-order chi connectivity index (χ0) is 16.8. The molecule has 120 valence electrons. The van der Waals surface area contributed by atoms with Gasteiger partial charge >= 0.3 is 11.8 Å². The molecule has 2 rings (SSSR count). The first kappa shape index (κ1) is 16.6. The van der Waals surface area contributed by atoms with Crippen molar-refractivity contribution in [3.8, 4) is 11.5 Å². The van der Waals surface area contributed by atoms with Gasteiger partial charge in [-0.15, -0.1) is 0 Å². The third-order valence-electron chi connectivity index (χ3n) is 2.94. The molecule has 2 amide bonds. The number of nitrogens with one attached hydrogen (secondary N) is 2. The number of methoxy groups -OCH3 is 2. The van der Waals surface area contributed by atoms with E-state index in [1.165, 1.54) is 20.3 Å². The lowest BCUT2D eigenvalue weighted by Crippen LogP contribution is -2.29. The highest BCUT2D eigenvalue weighted by Crippen LogP contribution is 2.27. The van der Waals surface area contributed by atoms with E-state index in [9.17, 15) is 9.59 Å². The molecule has 2 aromatic rings. The minimum atomic E-state index is -0.811. The highest BCUT2D eigenvalue weighted by Gasteiger charge is 2.15. The number of carbonyl (C=O) groups excluding carboxylic acids is 2. The Kier molecular flexibility index (Phi) is 5.43. The van der Waals surface area contributed by atoms with E-state index in [0.29, 0.717) is 27.9 Å². The van der Waals surface area contributed by atoms with Gasteiger partial charge in [-0.3, -0.25) is 9.59 Å². The number of amides is 2. The molecular formula is C16H15ClN2O4. The molecule has 0 spiro atoms. The van der Waals surface area contributed by atoms with E-state index in [1.54, 1.807) is 36.4 Å². The fourth-order valence-corrected chi connectivity index (χ4v) is 2.08. The number of halogens is 1. The number of carbonyl (C=O) groups is 2. The highest BCUT2D eigenvalue weighted by molar-refractivity contribution is 6.43. The van der Waals surface area contributed by atoms with E-state index in [1.807, 2.05) is 0 Å². The summed E-state index contributed by atoms with van der Waals surface area (Å²) in [5, 5.41) is 5.28. The largest absolute Gasteiger partial charge is 0.497 e. The van der Waals surface area contributed by atoms with Crippen molar-refractivity contribution in [3.05, 3.63) is 47.5 Å². The molecule has 0 aliphatic rings. The predicted octanol–water partition coefficient (Wildman–Crippen LogP) is 2.93. The Morgan fingerprint density at radius 3 is 2.13 bits per heavy atom. The molecule has 0 aliphatic carbocycles. The van der Waals surface area contributed by atoms with Crippen LogP contribution in [0.1, 0.15) is 0 Å². The van der Waals surface area contributed by atoms with Crippen LogP contribution in [0.15, 0.2) is 42.5 Å². The molecule has 0 unspecified atom stereocenters. The fourth-order valence-electron chi connectivity index (χ4n) is 1.82. The second kappa shape index (κ2) is 7.51. The Morgan fingerprint density at radius 1 is 0.913 bits per heavy atom. The van der Waals surface area contributed by atoms with Gasteiger partial charge in [-0.1, -0.05) is 17.7 Å². The SMILES string of the molecule is COc1cccc(NC(=O)C(=O)Nc2ccc(OC)c(Cl)c2)c1. The summed E-state index contributed by atoms with van der Waals surface area (Å²) in [5.74, 6) is -0.560. The number of ether oxygens (including phenoxy) is 2. The van der Waals surface area contributed by atoms with Crippen LogP contribution in [0.4, 0.5) is 11.4 Å². The summed E-state index contributed by atoms with van der Waals surface area (Å²) in [7, 11) is 3.00. The van der Waals surface area contributed by atoms with Crippen molar-refractivity contribution in [2.45, 2.75) is 0 Å². The van der Waals surface area contributed by atoms with Crippen LogP contribution in [0.2, 0.25) is 5.02 Å². The van der Waals surface area contributed by atoms with Crippen LogP contribution < -0.4 is 20.1 Å². The molecule has 2 N–H and O–H groups in total. The van der Waals surface area contributed by atoms with Gasteiger partial charge in [0.2, 0.25) is 0 Å². The summed E-state index contributed by atoms with van der Waals surface area (Å²) >= 11 is 5.96. The minimum Gasteiger partial charge on any atom is -0.497 e. The van der Waals surface area contributed by atoms with E-state index in [4.69, 9.17) is 21.1 Å². The van der Waals surface area contributed by atoms with Gasteiger partial charge in [0.15, 0.2) is 0 Å². The molecular weight excluding hydrogens is 320 g/mol. The maximum Gasteiger partial charge on any atom is 0.314 e. The molecule has 0 saturated heterocycles. The van der Waals surface area contributed by atoms with Crippen molar-refractivity contribution in [2.75, 3.05) is 24.9 Å². The lowest BCUT2D eigenvalue weighted by molar-refractivity contribution is -0.132. The van der Waals surface area contributed by atoms with Crippen LogP contribution in [0.3, 0.4) is 0 Å². The second-order valence-corrected chi connectivity index (χ2v) is 4.90. The van der Waals surface area contributed by atoms with E-state index < -0.39 is 11.8 Å². The Balaban J connectivity index is 2.02. The van der Waals surface area contributed by atoms with Gasteiger partial charge in [0.05, 0.1) is 19.2 Å². The Bertz CT molecular complexity index is 734. The maximum atomic E-state index is 11.9. The molecule has 2 aromatic carbocycles. The molecule has 0 aliphatic heterocycles. The summed E-state index contributed by atoms with van der Waals surface area (Å²) in [6, 6.07) is 11.4. The van der Waals surface area contributed by atoms with Gasteiger partial charge in [0.1, 0.15) is 11.5 Å². The van der Waals surface area contributed by atoms with Gasteiger partial charge < -0.3 is 20.1 Å². The Morgan fingerprint density at radius 2 is 1.57 bits per heavy atom. The lowest BCUT2D eigenvalue weighted by atomic mass is 10.3. The first-order valence-corrected chi connectivity index (χ1v) is 7.01. The number of hydrogen-bond acceptors (Lipinski definition) is 4. The molecule has 0 aromatic heterocycles. The van der Waals surface area contributed by atoms with Gasteiger partial charge in [-0.2, -0.15) is 0 Å². The van der Waals surface area contributed by atoms with Crippen molar-refractivity contribution >= 4 is 34.8 Å². The predicted molar refractivity (Wildman–Crippen MR) is 88.3 cm³/mol. The van der Waals surface area contributed by atoms with Gasteiger partial charge in [-0.25, -0.2) is 0 Å². The topological polar surface area (TPSA) is 76.7 Å². The van der Waals surface area contributed by atoms with E-state index in [-0.39, 0.29) is 0 Å². The summed E-state index contributed by atoms with van der Waals surface area (Å²) in [4.78, 5) is 23.8. The zero-order valence-corrected chi connectivity index (χ0v) is 13.3. The molecule has 6 nitrogen and oxygen atoms in total. The van der Waals surface area contributed by atoms with Gasteiger partial charge in [0, 0.05) is 17.4 Å². The van der Waals surface area contributed by atoms with Crippen molar-refractivity contribution in [2.24, 2.45) is 0 Å². The quantitative estimate of drug-likeness (QED) is 0.843. The number of benzene rings is 2. The molecule has 0 atom stereocenters. The first-order chi connectivity index (χ1) is 11.0. The van der Waals surface area contributed by atoms with Crippen LogP contribution in [-0.2, 0) is 9.59 Å². The smallest absolute Gasteiger partial charge is 0.314 e. The van der Waals surface area contributed by atoms with Crippen molar-refractivity contribution in [1.82, 2.24) is 0 Å². The van der Waals surface area contributed by atoms with Crippen molar-refractivity contribution < 1.29 is 19.1 Å². The van der Waals surface area contributed by atoms with Crippen LogP contribution in [0.25, 0.3) is 0 Å². The average Bonchev–Trinajstić information content (AvgIpc) is 2.55. The molecule has 0 radical (unpaired) electrons. The standard InChI is InChI=1S/C16H15ClN2O4/c1-22-12-5-3-4-10(8-12)18-15(20)16(21)19-11-6-7-14(23-2)13(17)9-11/h3-9H,1-2H3,(H,18,20)(H,19,21). The zero-order valence-electron chi connectivity index (χ0n) is 12.6. The summed E-state index contributed by atoms with van der Waals surface area (Å²) in [5.41, 5.74) is 0.846. The summed E-state index contributed by atoms with van der Waals surface area (Å²) in [6.45, 7) is 0. The first-order valence-electron chi connectivity index (χ1n) is 6.63. The molecule has 0 fully saturated rings. The average molecular weight is 335 g/mol. The normalized spacial score (nSPS) is 9.87. The van der Waals surface area contributed by atoms with Crippen molar-refractivity contribution in [1.29, 1.82) is 0 Å². The number of anilines is 2. The van der Waals surface area contributed by atoms with Crippen LogP contribution in [-0.4, -0.2) is 26.0 Å². The molecule has 7 heteroatoms. The number of hydrogen-bond donors (Lipinski definition) is 2. The van der Waals surface area contributed by atoms with Crippen LogP contribution in [0.5, 0.6) is 11.5 Å². The summed E-state index contributed by atoms with van der Waals surface area (Å²) in [6.07, 6.45) is 0. The highest BCUT2D eigenvalue weighted by atomic mass is 35.5. The molecule has 0 bridgehead atoms. The number of rotatable bonds is 4. The lowest BCUT2D eigenvalue weighted by Gasteiger charge is -2.09. The van der Waals surface area contributed by atoms with E-state index in [2.05, 4.69) is 10.6 Å². The van der Waals surface area contributed by atoms with Gasteiger partial charge in [-0.05, 0) is 30.3 Å². The van der Waals surface area contributed by atoms with Crippen LogP contribution >= 0.6 is 11.6 Å². The van der Waals surface area contributed by atoms with Crippen LogP contribution in [0, 0.1) is 0 Å². The van der Waals surface area contributed by atoms with Gasteiger partial charge in [0.25, 0.3) is 0 Å². The monoisotopic (exact) mass is 334 g/mol. The molecule has 0 heterocycles. The third-order valence-corrected chi connectivity index (χ3v) is 3.24. The molecule has 23 heavy (non-hydrogen) atoms.